The molecule has 108 valence electrons. The van der Waals surface area contributed by atoms with Crippen molar-refractivity contribution in [2.75, 3.05) is 13.1 Å². The zero-order valence-corrected chi connectivity index (χ0v) is 11.7. The molecular formula is C15H19F2N2O+. The van der Waals surface area contributed by atoms with Gasteiger partial charge >= 0.3 is 0 Å². The van der Waals surface area contributed by atoms with Gasteiger partial charge in [0.15, 0.2) is 17.6 Å². The molecule has 1 aromatic carbocycles. The highest BCUT2D eigenvalue weighted by molar-refractivity contribution is 5.79. The van der Waals surface area contributed by atoms with Gasteiger partial charge in [-0.05, 0) is 31.5 Å². The Bertz CT molecular complexity index is 505. The average Bonchev–Trinajstić information content (AvgIpc) is 2.41. The van der Waals surface area contributed by atoms with Crippen molar-refractivity contribution >= 4 is 5.91 Å². The average molecular weight is 281 g/mol. The topological polar surface area (TPSA) is 32.3 Å². The van der Waals surface area contributed by atoms with Gasteiger partial charge in [-0.25, -0.2) is 8.78 Å². The minimum atomic E-state index is -0.869. The van der Waals surface area contributed by atoms with Crippen molar-refractivity contribution in [1.82, 2.24) is 10.2 Å². The van der Waals surface area contributed by atoms with Crippen LogP contribution in [0.25, 0.3) is 0 Å². The number of hydrogen-bond acceptors (Lipinski definition) is 2. The largest absolute Gasteiger partial charge is 0.333 e. The van der Waals surface area contributed by atoms with Crippen molar-refractivity contribution < 1.29 is 13.6 Å². The quantitative estimate of drug-likeness (QED) is 0.844. The third kappa shape index (κ3) is 2.93. The summed E-state index contributed by atoms with van der Waals surface area (Å²) in [7, 11) is 0. The van der Waals surface area contributed by atoms with Gasteiger partial charge in [-0.15, -0.1) is 0 Å². The van der Waals surface area contributed by atoms with E-state index in [2.05, 4.69) is 12.2 Å². The second kappa shape index (κ2) is 5.79. The molecule has 1 fully saturated rings. The molecule has 0 bridgehead atoms. The van der Waals surface area contributed by atoms with Gasteiger partial charge in [0.05, 0.1) is 13.0 Å². The predicted octanol–water partition coefficient (Wildman–Crippen LogP) is 2.30. The third-order valence-electron chi connectivity index (χ3n) is 3.62. The number of nitrogens with zero attached hydrogens (tertiary/aromatic N) is 1. The van der Waals surface area contributed by atoms with Gasteiger partial charge in [0.2, 0.25) is 0 Å². The fourth-order valence-electron chi connectivity index (χ4n) is 2.41. The Morgan fingerprint density at radius 1 is 1.45 bits per heavy atom. The first kappa shape index (κ1) is 14.8. The molecule has 5 heteroatoms. The number of carbonyl (C=O) groups is 1. The van der Waals surface area contributed by atoms with Gasteiger partial charge in [-0.1, -0.05) is 6.07 Å². The fraction of sp³-hybridized carbons (Fsp3) is 0.467. The number of halogens is 2. The highest BCUT2D eigenvalue weighted by Gasteiger charge is 2.32. The minimum absolute atomic E-state index is 0.0217. The van der Waals surface area contributed by atoms with E-state index >= 15 is 0 Å². The maximum Gasteiger partial charge on any atom is 0.270 e. The molecule has 2 rings (SSSR count). The number of hydrogen-bond donors (Lipinski definition) is 1. The summed E-state index contributed by atoms with van der Waals surface area (Å²) in [6, 6.07) is 3.71. The number of amides is 1. The molecule has 0 aromatic heterocycles. The summed E-state index contributed by atoms with van der Waals surface area (Å²) in [5, 5.41) is 3.25. The summed E-state index contributed by atoms with van der Waals surface area (Å²) in [4.78, 5) is 13.9. The Labute approximate surface area is 118 Å². The van der Waals surface area contributed by atoms with E-state index in [1.807, 2.05) is 6.92 Å². The van der Waals surface area contributed by atoms with Crippen LogP contribution in [-0.2, 0) is 4.79 Å². The summed E-state index contributed by atoms with van der Waals surface area (Å²) in [5.74, 6) is -2.07. The zero-order chi connectivity index (χ0) is 14.9. The molecule has 1 aliphatic rings. The van der Waals surface area contributed by atoms with Gasteiger partial charge in [-0.2, -0.15) is 0 Å². The Kier molecular flexibility index (Phi) is 4.28. The Hall–Kier alpha value is -1.62. The first-order chi connectivity index (χ1) is 9.40. The summed E-state index contributed by atoms with van der Waals surface area (Å²) < 4.78 is 26.3. The first-order valence-corrected chi connectivity index (χ1v) is 6.72. The molecule has 1 saturated heterocycles. The number of carbonyl (C=O) groups excluding carboxylic acids is 1. The molecule has 0 aliphatic carbocycles. The molecule has 1 N–H and O–H groups in total. The van der Waals surface area contributed by atoms with E-state index in [4.69, 9.17) is 0 Å². The van der Waals surface area contributed by atoms with Crippen molar-refractivity contribution in [3.8, 4) is 0 Å². The van der Waals surface area contributed by atoms with Crippen molar-refractivity contribution in [2.24, 2.45) is 5.92 Å². The molecule has 3 atom stereocenters. The van der Waals surface area contributed by atoms with Crippen LogP contribution in [0.3, 0.4) is 0 Å². The third-order valence-corrected chi connectivity index (χ3v) is 3.62. The molecule has 0 saturated carbocycles. The maximum atomic E-state index is 13.3. The van der Waals surface area contributed by atoms with Crippen molar-refractivity contribution in [1.29, 1.82) is 0 Å². The first-order valence-electron chi connectivity index (χ1n) is 6.72. The Morgan fingerprint density at radius 2 is 2.15 bits per heavy atom. The van der Waals surface area contributed by atoms with Crippen LogP contribution in [0.4, 0.5) is 8.78 Å². The van der Waals surface area contributed by atoms with Gasteiger partial charge in [0.25, 0.3) is 5.91 Å². The Balaban J connectivity index is 2.18. The van der Waals surface area contributed by atoms with E-state index in [1.54, 1.807) is 17.9 Å². The minimum Gasteiger partial charge on any atom is -0.333 e. The van der Waals surface area contributed by atoms with Crippen molar-refractivity contribution in [3.05, 3.63) is 42.3 Å². The van der Waals surface area contributed by atoms with Crippen LogP contribution in [0.1, 0.15) is 25.5 Å². The monoisotopic (exact) mass is 281 g/mol. The summed E-state index contributed by atoms with van der Waals surface area (Å²) >= 11 is 0. The summed E-state index contributed by atoms with van der Waals surface area (Å²) in [5.41, 5.74) is 0.644. The van der Waals surface area contributed by atoms with Gasteiger partial charge in [0, 0.05) is 19.1 Å². The number of nitrogens with one attached hydrogen (secondary N) is 1. The molecule has 0 radical (unpaired) electrons. The molecule has 1 amide bonds. The molecule has 0 spiro atoms. The fourth-order valence-corrected chi connectivity index (χ4v) is 2.41. The van der Waals surface area contributed by atoms with Crippen LogP contribution in [-0.4, -0.2) is 29.9 Å². The molecule has 3 nitrogen and oxygen atoms in total. The van der Waals surface area contributed by atoms with E-state index in [-0.39, 0.29) is 23.9 Å². The highest BCUT2D eigenvalue weighted by atomic mass is 19.2. The van der Waals surface area contributed by atoms with E-state index < -0.39 is 11.6 Å². The van der Waals surface area contributed by atoms with E-state index in [9.17, 15) is 13.6 Å². The smallest absolute Gasteiger partial charge is 0.270 e. The maximum absolute atomic E-state index is 13.3. The van der Waals surface area contributed by atoms with E-state index in [1.165, 1.54) is 6.07 Å². The number of benzene rings is 1. The van der Waals surface area contributed by atoms with Gasteiger partial charge in [0.1, 0.15) is 0 Å². The van der Waals surface area contributed by atoms with E-state index in [0.717, 1.165) is 6.07 Å². The molecule has 1 aromatic rings. The van der Waals surface area contributed by atoms with Crippen molar-refractivity contribution in [2.45, 2.75) is 25.9 Å². The van der Waals surface area contributed by atoms with Crippen LogP contribution in [0.5, 0.6) is 0 Å². The zero-order valence-electron chi connectivity index (χ0n) is 11.7. The van der Waals surface area contributed by atoms with Crippen LogP contribution in [0.15, 0.2) is 18.2 Å². The standard InChI is InChI=1S/C15H19F2N2O/c1-9(2)15(20)19-8-14(18-7-10(19)3)11-4-5-12(16)13(17)6-11/h4-6,9-10,14,18H,1,7-8H2,2-3H3/q+1/t9?,10-,14?/m1/s1. The van der Waals surface area contributed by atoms with Gasteiger partial charge in [-0.3, -0.25) is 4.79 Å². The molecule has 20 heavy (non-hydrogen) atoms. The lowest BCUT2D eigenvalue weighted by molar-refractivity contribution is -0.137. The van der Waals surface area contributed by atoms with E-state index in [0.29, 0.717) is 18.7 Å². The van der Waals surface area contributed by atoms with Crippen LogP contribution in [0, 0.1) is 24.5 Å². The van der Waals surface area contributed by atoms with Crippen LogP contribution in [0.2, 0.25) is 0 Å². The molecule has 2 unspecified atom stereocenters. The molecular weight excluding hydrogens is 262 g/mol. The number of piperazine rings is 1. The second-order valence-electron chi connectivity index (χ2n) is 5.38. The predicted molar refractivity (Wildman–Crippen MR) is 72.8 cm³/mol. The lowest BCUT2D eigenvalue weighted by Gasteiger charge is -2.39. The Morgan fingerprint density at radius 3 is 2.75 bits per heavy atom. The second-order valence-corrected chi connectivity index (χ2v) is 5.38. The lowest BCUT2D eigenvalue weighted by Crippen LogP contribution is -2.54. The normalized spacial score (nSPS) is 24.5. The highest BCUT2D eigenvalue weighted by Crippen LogP contribution is 2.22. The summed E-state index contributed by atoms with van der Waals surface area (Å²) in [6.07, 6.45) is 0. The molecule has 1 aliphatic heterocycles. The van der Waals surface area contributed by atoms with Crippen LogP contribution >= 0.6 is 0 Å². The molecule has 1 heterocycles. The summed E-state index contributed by atoms with van der Waals surface area (Å²) in [6.45, 7) is 8.51. The SMILES string of the molecule is [CH2+]C(C)C(=O)N1CC(c2ccc(F)c(F)c2)NC[C@H]1C. The van der Waals surface area contributed by atoms with Crippen LogP contribution < -0.4 is 5.32 Å². The lowest BCUT2D eigenvalue weighted by atomic mass is 10.0. The number of rotatable bonds is 2. The van der Waals surface area contributed by atoms with Crippen molar-refractivity contribution in [3.63, 3.8) is 0 Å². The van der Waals surface area contributed by atoms with Gasteiger partial charge < -0.3 is 10.2 Å².